The Morgan fingerprint density at radius 3 is 1.92 bits per heavy atom. The van der Waals surface area contributed by atoms with Crippen LogP contribution in [-0.4, -0.2) is 4.57 Å². The standard InChI is InChI=1S/C46H30N2O/c1-3-12-35(13-4-1)47(42-19-11-20-43-46(42)39-17-7-9-18-41(39)48(43)36-14-5-2-6-15-36)37-26-24-31(25-27-37)32-22-23-33-30-45-40(29-34(33)28-32)38-16-8-10-21-44(38)49-45/h1-30H. The Morgan fingerprint density at radius 1 is 0.408 bits per heavy atom. The molecule has 0 atom stereocenters. The first-order valence-corrected chi connectivity index (χ1v) is 16.7. The van der Waals surface area contributed by atoms with Gasteiger partial charge in [-0.05, 0) is 101 Å². The zero-order chi connectivity index (χ0) is 32.3. The summed E-state index contributed by atoms with van der Waals surface area (Å²) < 4.78 is 8.53. The number of rotatable bonds is 5. The van der Waals surface area contributed by atoms with Gasteiger partial charge in [0, 0.05) is 38.6 Å². The molecule has 0 spiro atoms. The highest BCUT2D eigenvalue weighted by molar-refractivity contribution is 6.16. The summed E-state index contributed by atoms with van der Waals surface area (Å²) in [5, 5.41) is 7.12. The predicted molar refractivity (Wildman–Crippen MR) is 206 cm³/mol. The highest BCUT2D eigenvalue weighted by Crippen LogP contribution is 2.44. The minimum Gasteiger partial charge on any atom is -0.456 e. The van der Waals surface area contributed by atoms with Gasteiger partial charge in [-0.15, -0.1) is 0 Å². The molecule has 10 aromatic rings. The molecule has 49 heavy (non-hydrogen) atoms. The number of anilines is 3. The molecule has 3 nitrogen and oxygen atoms in total. The highest BCUT2D eigenvalue weighted by Gasteiger charge is 2.21. The second kappa shape index (κ2) is 11.0. The van der Waals surface area contributed by atoms with Crippen LogP contribution in [0.5, 0.6) is 0 Å². The second-order valence-electron chi connectivity index (χ2n) is 12.6. The van der Waals surface area contributed by atoms with E-state index in [1.165, 1.54) is 43.7 Å². The monoisotopic (exact) mass is 626 g/mol. The van der Waals surface area contributed by atoms with Crippen LogP contribution < -0.4 is 4.90 Å². The molecule has 10 rings (SSSR count). The Hall–Kier alpha value is -6.58. The van der Waals surface area contributed by atoms with Gasteiger partial charge in [0.15, 0.2) is 0 Å². The average Bonchev–Trinajstić information content (AvgIpc) is 3.70. The van der Waals surface area contributed by atoms with E-state index in [9.17, 15) is 0 Å². The normalized spacial score (nSPS) is 11.7. The Morgan fingerprint density at radius 2 is 1.08 bits per heavy atom. The summed E-state index contributed by atoms with van der Waals surface area (Å²) in [7, 11) is 0. The first-order valence-electron chi connectivity index (χ1n) is 16.7. The Kier molecular flexibility index (Phi) is 6.18. The van der Waals surface area contributed by atoms with Crippen LogP contribution in [0.25, 0.3) is 71.3 Å². The van der Waals surface area contributed by atoms with Crippen LogP contribution in [0.3, 0.4) is 0 Å². The maximum absolute atomic E-state index is 6.15. The molecule has 0 aliphatic rings. The van der Waals surface area contributed by atoms with Crippen molar-refractivity contribution in [2.24, 2.45) is 0 Å². The van der Waals surface area contributed by atoms with Gasteiger partial charge >= 0.3 is 0 Å². The van der Waals surface area contributed by atoms with E-state index < -0.39 is 0 Å². The lowest BCUT2D eigenvalue weighted by Crippen LogP contribution is -2.10. The molecule has 0 unspecified atom stereocenters. The zero-order valence-electron chi connectivity index (χ0n) is 26.6. The van der Waals surface area contributed by atoms with Crippen LogP contribution in [-0.2, 0) is 0 Å². The zero-order valence-corrected chi connectivity index (χ0v) is 26.6. The molecule has 0 N–H and O–H groups in total. The second-order valence-corrected chi connectivity index (χ2v) is 12.6. The number of fused-ring (bicyclic) bond motifs is 7. The molecule has 0 fully saturated rings. The van der Waals surface area contributed by atoms with Crippen molar-refractivity contribution in [3.05, 3.63) is 182 Å². The molecule has 0 saturated heterocycles. The Labute approximate surface area is 283 Å². The van der Waals surface area contributed by atoms with Crippen LogP contribution in [0.2, 0.25) is 0 Å². The van der Waals surface area contributed by atoms with Crippen molar-refractivity contribution in [3.63, 3.8) is 0 Å². The molecule has 8 aromatic carbocycles. The summed E-state index contributed by atoms with van der Waals surface area (Å²) in [5.41, 5.74) is 11.1. The van der Waals surface area contributed by atoms with E-state index in [1.807, 2.05) is 12.1 Å². The molecule has 0 radical (unpaired) electrons. The van der Waals surface area contributed by atoms with Gasteiger partial charge in [-0.2, -0.15) is 0 Å². The quantitative estimate of drug-likeness (QED) is 0.190. The number of para-hydroxylation sites is 4. The summed E-state index contributed by atoms with van der Waals surface area (Å²) >= 11 is 0. The highest BCUT2D eigenvalue weighted by atomic mass is 16.3. The van der Waals surface area contributed by atoms with E-state index in [-0.39, 0.29) is 0 Å². The number of hydrogen-bond donors (Lipinski definition) is 0. The number of benzene rings is 8. The van der Waals surface area contributed by atoms with Crippen LogP contribution in [0.1, 0.15) is 0 Å². The Bertz CT molecular complexity index is 2810. The maximum Gasteiger partial charge on any atom is 0.136 e. The molecule has 2 aromatic heterocycles. The number of hydrogen-bond acceptors (Lipinski definition) is 2. The fourth-order valence-corrected chi connectivity index (χ4v) is 7.50. The summed E-state index contributed by atoms with van der Waals surface area (Å²) in [6, 6.07) is 65.0. The van der Waals surface area contributed by atoms with Crippen molar-refractivity contribution in [2.45, 2.75) is 0 Å². The van der Waals surface area contributed by atoms with E-state index in [0.29, 0.717) is 0 Å². The molecule has 0 aliphatic carbocycles. The van der Waals surface area contributed by atoms with E-state index in [4.69, 9.17) is 4.42 Å². The summed E-state index contributed by atoms with van der Waals surface area (Å²) in [6.45, 7) is 0. The first kappa shape index (κ1) is 27.5. The van der Waals surface area contributed by atoms with Gasteiger partial charge in [0.1, 0.15) is 11.2 Å². The SMILES string of the molecule is c1ccc(N(c2ccc(-c3ccc4cc5oc6ccccc6c5cc4c3)cc2)c2cccc3c2c2ccccc2n3-c2ccccc2)cc1. The summed E-state index contributed by atoms with van der Waals surface area (Å²) in [6.07, 6.45) is 0. The van der Waals surface area contributed by atoms with Crippen molar-refractivity contribution in [1.29, 1.82) is 0 Å². The fourth-order valence-electron chi connectivity index (χ4n) is 7.50. The lowest BCUT2D eigenvalue weighted by Gasteiger charge is -2.26. The molecule has 0 amide bonds. The van der Waals surface area contributed by atoms with Crippen LogP contribution >= 0.6 is 0 Å². The van der Waals surface area contributed by atoms with Crippen molar-refractivity contribution in [2.75, 3.05) is 4.90 Å². The molecular weight excluding hydrogens is 597 g/mol. The third-order valence-corrected chi connectivity index (χ3v) is 9.74. The predicted octanol–water partition coefficient (Wildman–Crippen LogP) is 13.0. The fraction of sp³-hybridized carbons (Fsp3) is 0. The molecule has 0 saturated carbocycles. The third-order valence-electron chi connectivity index (χ3n) is 9.74. The van der Waals surface area contributed by atoms with Crippen LogP contribution in [0, 0.1) is 0 Å². The number of nitrogens with zero attached hydrogens (tertiary/aromatic N) is 2. The number of aromatic nitrogens is 1. The minimum atomic E-state index is 0.923. The minimum absolute atomic E-state index is 0.923. The van der Waals surface area contributed by atoms with Crippen molar-refractivity contribution in [3.8, 4) is 16.8 Å². The van der Waals surface area contributed by atoms with Gasteiger partial charge in [-0.25, -0.2) is 0 Å². The summed E-state index contributed by atoms with van der Waals surface area (Å²) in [4.78, 5) is 2.38. The van der Waals surface area contributed by atoms with Gasteiger partial charge in [0.2, 0.25) is 0 Å². The maximum atomic E-state index is 6.15. The van der Waals surface area contributed by atoms with Gasteiger partial charge in [-0.3, -0.25) is 0 Å². The van der Waals surface area contributed by atoms with Gasteiger partial charge < -0.3 is 13.9 Å². The molecule has 2 heterocycles. The van der Waals surface area contributed by atoms with E-state index >= 15 is 0 Å². The topological polar surface area (TPSA) is 21.3 Å². The number of furan rings is 1. The van der Waals surface area contributed by atoms with Gasteiger partial charge in [0.05, 0.1) is 16.7 Å². The largest absolute Gasteiger partial charge is 0.456 e. The molecular formula is C46H30N2O. The van der Waals surface area contributed by atoms with Crippen LogP contribution in [0.15, 0.2) is 186 Å². The van der Waals surface area contributed by atoms with Crippen LogP contribution in [0.4, 0.5) is 17.1 Å². The average molecular weight is 627 g/mol. The van der Waals surface area contributed by atoms with Gasteiger partial charge in [0.25, 0.3) is 0 Å². The first-order chi connectivity index (χ1) is 24.3. The van der Waals surface area contributed by atoms with Crippen molar-refractivity contribution in [1.82, 2.24) is 4.57 Å². The Balaban J connectivity index is 1.12. The lowest BCUT2D eigenvalue weighted by molar-refractivity contribution is 0.669. The lowest BCUT2D eigenvalue weighted by atomic mass is 9.99. The third kappa shape index (κ3) is 4.44. The van der Waals surface area contributed by atoms with Crippen molar-refractivity contribution >= 4 is 71.6 Å². The molecule has 0 bridgehead atoms. The van der Waals surface area contributed by atoms with Crippen molar-refractivity contribution < 1.29 is 4.42 Å². The smallest absolute Gasteiger partial charge is 0.136 e. The molecule has 230 valence electrons. The van der Waals surface area contributed by atoms with E-state index in [0.717, 1.165) is 44.7 Å². The van der Waals surface area contributed by atoms with Gasteiger partial charge in [-0.1, -0.05) is 103 Å². The molecule has 0 aliphatic heterocycles. The summed E-state index contributed by atoms with van der Waals surface area (Å²) in [5.74, 6) is 0. The van der Waals surface area contributed by atoms with E-state index in [2.05, 4.69) is 179 Å². The van der Waals surface area contributed by atoms with E-state index in [1.54, 1.807) is 0 Å². The molecule has 3 heteroatoms.